The number of rotatable bonds is 5. The lowest BCUT2D eigenvalue weighted by atomic mass is 9.90. The Morgan fingerprint density at radius 1 is 1.26 bits per heavy atom. The summed E-state index contributed by atoms with van der Waals surface area (Å²) in [5.41, 5.74) is 2.18. The number of carbonyl (C=O) groups excluding carboxylic acids is 1. The molecule has 1 unspecified atom stereocenters. The third kappa shape index (κ3) is 3.27. The van der Waals surface area contributed by atoms with E-state index in [4.69, 9.17) is 4.74 Å². The monoisotopic (exact) mass is 310 g/mol. The van der Waals surface area contributed by atoms with E-state index in [1.54, 1.807) is 6.20 Å². The Balaban J connectivity index is 1.76. The Kier molecular flexibility index (Phi) is 4.72. The molecule has 2 heterocycles. The molecule has 1 atom stereocenters. The fourth-order valence-electron chi connectivity index (χ4n) is 3.14. The van der Waals surface area contributed by atoms with Gasteiger partial charge in [0.2, 0.25) is 0 Å². The molecule has 1 aliphatic rings. The third-order valence-electron chi connectivity index (χ3n) is 4.42. The molecule has 1 saturated heterocycles. The molecule has 1 aromatic carbocycles. The zero-order chi connectivity index (χ0) is 16.1. The molecule has 1 fully saturated rings. The number of pyridine rings is 1. The summed E-state index contributed by atoms with van der Waals surface area (Å²) in [5, 5.41) is 3.03. The van der Waals surface area contributed by atoms with Crippen LogP contribution in [0.4, 0.5) is 0 Å². The van der Waals surface area contributed by atoms with Crippen molar-refractivity contribution in [3.8, 4) is 0 Å². The average molecular weight is 310 g/mol. The number of hydrogen-bond acceptors (Lipinski definition) is 3. The highest BCUT2D eigenvalue weighted by Gasteiger charge is 2.37. The van der Waals surface area contributed by atoms with Gasteiger partial charge in [-0.2, -0.15) is 0 Å². The summed E-state index contributed by atoms with van der Waals surface area (Å²) in [5.74, 6) is -0.131. The van der Waals surface area contributed by atoms with E-state index in [0.717, 1.165) is 37.0 Å². The summed E-state index contributed by atoms with van der Waals surface area (Å²) in [6.45, 7) is 3.23. The topological polar surface area (TPSA) is 51.2 Å². The molecule has 0 spiro atoms. The summed E-state index contributed by atoms with van der Waals surface area (Å²) >= 11 is 0. The van der Waals surface area contributed by atoms with Crippen LogP contribution in [-0.2, 0) is 16.8 Å². The molecule has 120 valence electrons. The van der Waals surface area contributed by atoms with Gasteiger partial charge >= 0.3 is 0 Å². The van der Waals surface area contributed by atoms with Crippen molar-refractivity contribution in [2.24, 2.45) is 0 Å². The first-order chi connectivity index (χ1) is 11.2. The Labute approximate surface area is 136 Å². The van der Waals surface area contributed by atoms with E-state index in [1.807, 2.05) is 37.3 Å². The number of carbonyl (C=O) groups is 1. The third-order valence-corrected chi connectivity index (χ3v) is 4.42. The minimum Gasteiger partial charge on any atom is -0.368 e. The van der Waals surface area contributed by atoms with Crippen LogP contribution in [0.1, 0.15) is 41.4 Å². The van der Waals surface area contributed by atoms with Crippen LogP contribution >= 0.6 is 0 Å². The van der Waals surface area contributed by atoms with Gasteiger partial charge in [0, 0.05) is 12.8 Å². The standard InChI is InChI=1S/C19H22N2O2/c1-2-15-8-6-12-20-17(15)18(22)21-14-19(11-7-13-23-19)16-9-4-3-5-10-16/h3-6,8-10,12H,2,7,11,13-14H2,1H3,(H,21,22). The number of ether oxygens (including phenoxy) is 1. The van der Waals surface area contributed by atoms with Crippen molar-refractivity contribution in [1.29, 1.82) is 0 Å². The van der Waals surface area contributed by atoms with Crippen molar-refractivity contribution in [1.82, 2.24) is 10.3 Å². The van der Waals surface area contributed by atoms with Gasteiger partial charge in [0.1, 0.15) is 11.3 Å². The maximum absolute atomic E-state index is 12.5. The summed E-state index contributed by atoms with van der Waals surface area (Å²) in [6, 6.07) is 13.9. The molecule has 4 nitrogen and oxygen atoms in total. The number of aryl methyl sites for hydroxylation is 1. The Morgan fingerprint density at radius 3 is 2.78 bits per heavy atom. The maximum Gasteiger partial charge on any atom is 0.270 e. The highest BCUT2D eigenvalue weighted by Crippen LogP contribution is 2.35. The lowest BCUT2D eigenvalue weighted by Gasteiger charge is -2.29. The van der Waals surface area contributed by atoms with E-state index < -0.39 is 5.60 Å². The van der Waals surface area contributed by atoms with Gasteiger partial charge in [-0.05, 0) is 36.5 Å². The minimum absolute atomic E-state index is 0.131. The second-order valence-corrected chi connectivity index (χ2v) is 5.86. The van der Waals surface area contributed by atoms with Crippen LogP contribution in [0.2, 0.25) is 0 Å². The summed E-state index contributed by atoms with van der Waals surface area (Å²) in [4.78, 5) is 16.8. The van der Waals surface area contributed by atoms with Gasteiger partial charge in [0.25, 0.3) is 5.91 Å². The largest absolute Gasteiger partial charge is 0.368 e. The van der Waals surface area contributed by atoms with Crippen LogP contribution in [0.25, 0.3) is 0 Å². The number of nitrogens with zero attached hydrogens (tertiary/aromatic N) is 1. The van der Waals surface area contributed by atoms with Gasteiger partial charge in [-0.25, -0.2) is 0 Å². The van der Waals surface area contributed by atoms with Crippen molar-refractivity contribution in [3.63, 3.8) is 0 Å². The van der Waals surface area contributed by atoms with Gasteiger partial charge in [0.15, 0.2) is 0 Å². The summed E-state index contributed by atoms with van der Waals surface area (Å²) < 4.78 is 6.03. The quantitative estimate of drug-likeness (QED) is 0.923. The predicted octanol–water partition coefficient (Wildman–Crippen LogP) is 3.08. The normalized spacial score (nSPS) is 20.4. The lowest BCUT2D eigenvalue weighted by molar-refractivity contribution is 0.00130. The molecule has 23 heavy (non-hydrogen) atoms. The van der Waals surface area contributed by atoms with Crippen molar-refractivity contribution in [3.05, 3.63) is 65.5 Å². The van der Waals surface area contributed by atoms with E-state index in [-0.39, 0.29) is 5.91 Å². The van der Waals surface area contributed by atoms with Crippen LogP contribution in [-0.4, -0.2) is 24.0 Å². The molecular formula is C19H22N2O2. The number of hydrogen-bond donors (Lipinski definition) is 1. The molecule has 4 heteroatoms. The molecule has 1 aliphatic heterocycles. The molecule has 2 aromatic rings. The van der Waals surface area contributed by atoms with E-state index in [9.17, 15) is 4.79 Å². The molecule has 1 N–H and O–H groups in total. The molecule has 0 bridgehead atoms. The highest BCUT2D eigenvalue weighted by atomic mass is 16.5. The van der Waals surface area contributed by atoms with Crippen molar-refractivity contribution in [2.75, 3.05) is 13.2 Å². The fraction of sp³-hybridized carbons (Fsp3) is 0.368. The molecule has 0 aliphatic carbocycles. The zero-order valence-electron chi connectivity index (χ0n) is 13.4. The van der Waals surface area contributed by atoms with E-state index >= 15 is 0 Å². The molecule has 0 saturated carbocycles. The Hall–Kier alpha value is -2.20. The number of benzene rings is 1. The number of aromatic nitrogens is 1. The van der Waals surface area contributed by atoms with Gasteiger partial charge < -0.3 is 10.1 Å². The smallest absolute Gasteiger partial charge is 0.270 e. The predicted molar refractivity (Wildman–Crippen MR) is 89.3 cm³/mol. The van der Waals surface area contributed by atoms with Crippen LogP contribution in [0.15, 0.2) is 48.7 Å². The van der Waals surface area contributed by atoms with Crippen molar-refractivity contribution < 1.29 is 9.53 Å². The first-order valence-electron chi connectivity index (χ1n) is 8.17. The van der Waals surface area contributed by atoms with Crippen LogP contribution < -0.4 is 5.32 Å². The minimum atomic E-state index is -0.419. The van der Waals surface area contributed by atoms with Gasteiger partial charge in [0.05, 0.1) is 6.54 Å². The first kappa shape index (κ1) is 15.7. The lowest BCUT2D eigenvalue weighted by Crippen LogP contribution is -2.40. The van der Waals surface area contributed by atoms with Crippen LogP contribution in [0.3, 0.4) is 0 Å². The van der Waals surface area contributed by atoms with Crippen LogP contribution in [0.5, 0.6) is 0 Å². The van der Waals surface area contributed by atoms with E-state index in [1.165, 1.54) is 0 Å². The number of nitrogens with one attached hydrogen (secondary N) is 1. The summed E-state index contributed by atoms with van der Waals surface area (Å²) in [6.07, 6.45) is 4.37. The second-order valence-electron chi connectivity index (χ2n) is 5.86. The molecule has 3 rings (SSSR count). The Bertz CT molecular complexity index is 664. The Morgan fingerprint density at radius 2 is 2.09 bits per heavy atom. The first-order valence-corrected chi connectivity index (χ1v) is 8.17. The highest BCUT2D eigenvalue weighted by molar-refractivity contribution is 5.93. The van der Waals surface area contributed by atoms with Crippen LogP contribution in [0, 0.1) is 0 Å². The van der Waals surface area contributed by atoms with E-state index in [0.29, 0.717) is 12.2 Å². The van der Waals surface area contributed by atoms with Gasteiger partial charge in [-0.1, -0.05) is 43.3 Å². The van der Waals surface area contributed by atoms with Crippen molar-refractivity contribution >= 4 is 5.91 Å². The zero-order valence-corrected chi connectivity index (χ0v) is 13.4. The molecular weight excluding hydrogens is 288 g/mol. The second kappa shape index (κ2) is 6.92. The van der Waals surface area contributed by atoms with Gasteiger partial charge in [-0.3, -0.25) is 9.78 Å². The van der Waals surface area contributed by atoms with Gasteiger partial charge in [-0.15, -0.1) is 0 Å². The SMILES string of the molecule is CCc1cccnc1C(=O)NCC1(c2ccccc2)CCCO1. The average Bonchev–Trinajstić information content (AvgIpc) is 3.10. The van der Waals surface area contributed by atoms with Crippen molar-refractivity contribution in [2.45, 2.75) is 31.8 Å². The maximum atomic E-state index is 12.5. The van der Waals surface area contributed by atoms with E-state index in [2.05, 4.69) is 22.4 Å². The fourth-order valence-corrected chi connectivity index (χ4v) is 3.14. The molecule has 0 radical (unpaired) electrons. The molecule has 1 amide bonds. The molecule has 1 aromatic heterocycles. The summed E-state index contributed by atoms with van der Waals surface area (Å²) in [7, 11) is 0. The number of amides is 1.